The molecular formula is C17H34F3IN6. The van der Waals surface area contributed by atoms with Crippen LogP contribution >= 0.6 is 24.0 Å². The third-order valence-corrected chi connectivity index (χ3v) is 4.96. The molecule has 0 aliphatic carbocycles. The number of nitrogens with one attached hydrogen (secondary N) is 2. The second-order valence-electron chi connectivity index (χ2n) is 7.02. The van der Waals surface area contributed by atoms with Gasteiger partial charge in [0.05, 0.1) is 13.1 Å². The van der Waals surface area contributed by atoms with Crippen LogP contribution in [0.3, 0.4) is 0 Å². The second-order valence-corrected chi connectivity index (χ2v) is 7.02. The molecule has 27 heavy (non-hydrogen) atoms. The molecule has 2 fully saturated rings. The molecule has 1 atom stereocenters. The zero-order valence-electron chi connectivity index (χ0n) is 16.4. The molecule has 160 valence electrons. The number of nitrogens with zero attached hydrogens (tertiary/aromatic N) is 4. The molecule has 0 aromatic heterocycles. The third kappa shape index (κ3) is 9.62. The fourth-order valence-electron chi connectivity index (χ4n) is 3.49. The van der Waals surface area contributed by atoms with Crippen molar-refractivity contribution in [3.8, 4) is 0 Å². The first-order valence-electron chi connectivity index (χ1n) is 9.68. The Balaban J connectivity index is 0.00000364. The Morgan fingerprint density at radius 2 is 1.70 bits per heavy atom. The van der Waals surface area contributed by atoms with Gasteiger partial charge in [-0.2, -0.15) is 13.2 Å². The van der Waals surface area contributed by atoms with Crippen molar-refractivity contribution in [1.29, 1.82) is 0 Å². The largest absolute Gasteiger partial charge is 0.401 e. The average Bonchev–Trinajstić information content (AvgIpc) is 3.00. The molecule has 0 radical (unpaired) electrons. The standard InChI is InChI=1S/C17H33F3N6.HI/c1-3-21-16(22-6-8-25-11-9-24(4-2)10-12-25)23-15-5-7-26(13-15)14-17(18,19)20;/h15H,3-14H2,1-2H3,(H2,21,22,23);1H. The van der Waals surface area contributed by atoms with Gasteiger partial charge < -0.3 is 15.5 Å². The molecule has 2 rings (SSSR count). The number of halogens is 4. The number of alkyl halides is 3. The van der Waals surface area contributed by atoms with E-state index < -0.39 is 12.7 Å². The summed E-state index contributed by atoms with van der Waals surface area (Å²) in [6, 6.07) is 0.0169. The van der Waals surface area contributed by atoms with Crippen molar-refractivity contribution < 1.29 is 13.2 Å². The lowest BCUT2D eigenvalue weighted by molar-refractivity contribution is -0.143. The van der Waals surface area contributed by atoms with Crippen molar-refractivity contribution in [2.75, 3.05) is 72.0 Å². The Bertz CT molecular complexity index is 441. The second kappa shape index (κ2) is 12.3. The summed E-state index contributed by atoms with van der Waals surface area (Å²) in [6.07, 6.45) is -3.42. The maximum atomic E-state index is 12.5. The quantitative estimate of drug-likeness (QED) is 0.311. The van der Waals surface area contributed by atoms with Gasteiger partial charge in [0.25, 0.3) is 0 Å². The highest BCUT2D eigenvalue weighted by Gasteiger charge is 2.34. The van der Waals surface area contributed by atoms with E-state index in [4.69, 9.17) is 0 Å². The molecule has 10 heteroatoms. The lowest BCUT2D eigenvalue weighted by atomic mass is 10.3. The van der Waals surface area contributed by atoms with E-state index in [9.17, 15) is 13.2 Å². The molecule has 2 saturated heterocycles. The summed E-state index contributed by atoms with van der Waals surface area (Å²) in [4.78, 5) is 10.9. The first-order valence-corrected chi connectivity index (χ1v) is 9.68. The minimum atomic E-state index is -4.13. The van der Waals surface area contributed by atoms with Gasteiger partial charge in [-0.15, -0.1) is 24.0 Å². The maximum absolute atomic E-state index is 12.5. The first-order chi connectivity index (χ1) is 12.4. The fraction of sp³-hybridized carbons (Fsp3) is 0.941. The number of hydrogen-bond donors (Lipinski definition) is 2. The zero-order valence-corrected chi connectivity index (χ0v) is 18.7. The van der Waals surface area contributed by atoms with Gasteiger partial charge in [0.1, 0.15) is 0 Å². The van der Waals surface area contributed by atoms with Crippen LogP contribution in [0.25, 0.3) is 0 Å². The summed E-state index contributed by atoms with van der Waals surface area (Å²) < 4.78 is 37.5. The summed E-state index contributed by atoms with van der Waals surface area (Å²) in [5, 5.41) is 6.49. The van der Waals surface area contributed by atoms with Gasteiger partial charge in [0.15, 0.2) is 5.96 Å². The van der Waals surface area contributed by atoms with Crippen molar-refractivity contribution in [1.82, 2.24) is 25.3 Å². The number of hydrogen-bond acceptors (Lipinski definition) is 4. The number of rotatable bonds is 7. The first kappa shape index (κ1) is 24.7. The molecule has 0 aromatic carbocycles. The number of likely N-dealkylation sites (N-methyl/N-ethyl adjacent to an activating group) is 1. The maximum Gasteiger partial charge on any atom is 0.401 e. The van der Waals surface area contributed by atoms with Crippen LogP contribution in [0.5, 0.6) is 0 Å². The van der Waals surface area contributed by atoms with Crippen LogP contribution in [-0.4, -0.2) is 105 Å². The van der Waals surface area contributed by atoms with Gasteiger partial charge in [0.2, 0.25) is 0 Å². The number of guanidine groups is 1. The van der Waals surface area contributed by atoms with Crippen LogP contribution < -0.4 is 10.6 Å². The molecule has 2 heterocycles. The number of likely N-dealkylation sites (tertiary alicyclic amines) is 1. The minimum absolute atomic E-state index is 0. The molecule has 0 spiro atoms. The van der Waals surface area contributed by atoms with Crippen molar-refractivity contribution in [2.24, 2.45) is 4.99 Å². The molecule has 2 aliphatic rings. The Hall–Kier alpha value is -0.330. The predicted molar refractivity (Wildman–Crippen MR) is 114 cm³/mol. The van der Waals surface area contributed by atoms with Gasteiger partial charge in [-0.3, -0.25) is 14.8 Å². The molecule has 2 aliphatic heterocycles. The van der Waals surface area contributed by atoms with Gasteiger partial charge in [-0.25, -0.2) is 0 Å². The zero-order chi connectivity index (χ0) is 19.0. The molecule has 0 aromatic rings. The van der Waals surface area contributed by atoms with E-state index in [1.165, 1.54) is 4.90 Å². The molecule has 6 nitrogen and oxygen atoms in total. The fourth-order valence-corrected chi connectivity index (χ4v) is 3.49. The molecular weight excluding hydrogens is 472 g/mol. The summed E-state index contributed by atoms with van der Waals surface area (Å²) in [5.74, 6) is 0.707. The van der Waals surface area contributed by atoms with E-state index in [0.29, 0.717) is 32.0 Å². The van der Waals surface area contributed by atoms with Crippen molar-refractivity contribution >= 4 is 29.9 Å². The Morgan fingerprint density at radius 1 is 1.04 bits per heavy atom. The van der Waals surface area contributed by atoms with Gasteiger partial charge in [-0.1, -0.05) is 6.92 Å². The summed E-state index contributed by atoms with van der Waals surface area (Å²) in [7, 11) is 0. The van der Waals surface area contributed by atoms with Crippen LogP contribution in [0.2, 0.25) is 0 Å². The lowest BCUT2D eigenvalue weighted by Crippen LogP contribution is -2.47. The molecule has 1 unspecified atom stereocenters. The van der Waals surface area contributed by atoms with E-state index >= 15 is 0 Å². The van der Waals surface area contributed by atoms with Crippen molar-refractivity contribution in [2.45, 2.75) is 32.5 Å². The third-order valence-electron chi connectivity index (χ3n) is 4.96. The molecule has 2 N–H and O–H groups in total. The lowest BCUT2D eigenvalue weighted by Gasteiger charge is -2.33. The SMILES string of the molecule is CCNC(=NCCN1CCN(CC)CC1)NC1CCN(CC(F)(F)F)C1.I. The summed E-state index contributed by atoms with van der Waals surface area (Å²) in [6.45, 7) is 12.0. The van der Waals surface area contributed by atoms with Gasteiger partial charge in [-0.05, 0) is 19.9 Å². The molecule has 0 saturated carbocycles. The summed E-state index contributed by atoms with van der Waals surface area (Å²) in [5.41, 5.74) is 0. The Labute approximate surface area is 177 Å². The highest BCUT2D eigenvalue weighted by Crippen LogP contribution is 2.19. The van der Waals surface area contributed by atoms with Crippen molar-refractivity contribution in [3.63, 3.8) is 0 Å². The highest BCUT2D eigenvalue weighted by atomic mass is 127. The van der Waals surface area contributed by atoms with Crippen LogP contribution in [0, 0.1) is 0 Å². The smallest absolute Gasteiger partial charge is 0.357 e. The number of aliphatic imine (C=N–C) groups is 1. The van der Waals surface area contributed by atoms with Crippen LogP contribution in [-0.2, 0) is 0 Å². The van der Waals surface area contributed by atoms with E-state index in [0.717, 1.165) is 45.8 Å². The van der Waals surface area contributed by atoms with Gasteiger partial charge >= 0.3 is 6.18 Å². The van der Waals surface area contributed by atoms with E-state index in [-0.39, 0.29) is 30.0 Å². The molecule has 0 bridgehead atoms. The van der Waals surface area contributed by atoms with Crippen LogP contribution in [0.15, 0.2) is 4.99 Å². The minimum Gasteiger partial charge on any atom is -0.357 e. The summed E-state index contributed by atoms with van der Waals surface area (Å²) >= 11 is 0. The van der Waals surface area contributed by atoms with E-state index in [2.05, 4.69) is 32.3 Å². The Morgan fingerprint density at radius 3 is 2.30 bits per heavy atom. The number of piperazine rings is 1. The molecule has 0 amide bonds. The van der Waals surface area contributed by atoms with Crippen molar-refractivity contribution in [3.05, 3.63) is 0 Å². The van der Waals surface area contributed by atoms with Gasteiger partial charge in [0, 0.05) is 58.4 Å². The van der Waals surface area contributed by atoms with Crippen LogP contribution in [0.4, 0.5) is 13.2 Å². The van der Waals surface area contributed by atoms with Crippen LogP contribution in [0.1, 0.15) is 20.3 Å². The monoisotopic (exact) mass is 506 g/mol. The van der Waals surface area contributed by atoms with E-state index in [1.807, 2.05) is 6.92 Å². The highest BCUT2D eigenvalue weighted by molar-refractivity contribution is 14.0. The van der Waals surface area contributed by atoms with E-state index in [1.54, 1.807) is 0 Å². The predicted octanol–water partition coefficient (Wildman–Crippen LogP) is 1.43. The normalized spacial score (nSPS) is 23.3. The topological polar surface area (TPSA) is 46.1 Å². The average molecular weight is 506 g/mol. The Kier molecular flexibility index (Phi) is 11.2.